The van der Waals surface area contributed by atoms with Crippen molar-refractivity contribution in [1.82, 2.24) is 0 Å². The highest BCUT2D eigenvalue weighted by Crippen LogP contribution is 2.25. The lowest BCUT2D eigenvalue weighted by molar-refractivity contribution is -0.120. The van der Waals surface area contributed by atoms with Gasteiger partial charge < -0.3 is 4.55 Å². The lowest BCUT2D eigenvalue weighted by Gasteiger charge is -2.05. The molecule has 4 nitrogen and oxygen atoms in total. The SMILES string of the molecule is C[S+](C)CC(=O)C1CCCC1.Cc1ccc(S(=O)(=O)[O-])cc1. The number of hydrogen-bond acceptors (Lipinski definition) is 4. The fourth-order valence-corrected chi connectivity index (χ4v) is 3.63. The molecule has 1 aliphatic rings. The zero-order chi connectivity index (χ0) is 16.8. The quantitative estimate of drug-likeness (QED) is 0.621. The molecule has 0 saturated heterocycles. The molecule has 0 aliphatic heterocycles. The standard InChI is InChI=1S/C9H17OS.C7H8O3S/c1-11(2)7-9(10)8-5-3-4-6-8;1-6-2-4-7(5-3-6)11(8,9)10/h8H,3-7H2,1-2H3;2-5H,1H3,(H,8,9,10)/q+1;/p-1. The minimum absolute atomic E-state index is 0.178. The molecule has 1 aromatic rings. The summed E-state index contributed by atoms with van der Waals surface area (Å²) >= 11 is 0. The van der Waals surface area contributed by atoms with E-state index in [1.165, 1.54) is 25.0 Å². The molecule has 2 rings (SSSR count). The maximum atomic E-state index is 11.5. The molecule has 22 heavy (non-hydrogen) atoms. The molecular weight excluding hydrogens is 320 g/mol. The highest BCUT2D eigenvalue weighted by atomic mass is 32.2. The van der Waals surface area contributed by atoms with Gasteiger partial charge in [-0.3, -0.25) is 4.79 Å². The second kappa shape index (κ2) is 8.70. The second-order valence-electron chi connectivity index (χ2n) is 5.84. The van der Waals surface area contributed by atoms with Crippen LogP contribution in [0.4, 0.5) is 0 Å². The smallest absolute Gasteiger partial charge is 0.184 e. The molecule has 0 radical (unpaired) electrons. The van der Waals surface area contributed by atoms with Crippen molar-refractivity contribution in [3.63, 3.8) is 0 Å². The summed E-state index contributed by atoms with van der Waals surface area (Å²) < 4.78 is 31.2. The monoisotopic (exact) mass is 344 g/mol. The summed E-state index contributed by atoms with van der Waals surface area (Å²) in [6.07, 6.45) is 9.17. The second-order valence-corrected chi connectivity index (χ2v) is 9.48. The van der Waals surface area contributed by atoms with Crippen molar-refractivity contribution in [3.05, 3.63) is 29.8 Å². The topological polar surface area (TPSA) is 74.3 Å². The van der Waals surface area contributed by atoms with Crippen molar-refractivity contribution in [1.29, 1.82) is 0 Å². The summed E-state index contributed by atoms with van der Waals surface area (Å²) in [4.78, 5) is 11.3. The van der Waals surface area contributed by atoms with Gasteiger partial charge in [0.05, 0.1) is 17.4 Å². The van der Waals surface area contributed by atoms with Crippen LogP contribution in [0.25, 0.3) is 0 Å². The van der Waals surface area contributed by atoms with Gasteiger partial charge in [-0.25, -0.2) is 8.42 Å². The van der Waals surface area contributed by atoms with Gasteiger partial charge in [-0.15, -0.1) is 0 Å². The third-order valence-electron chi connectivity index (χ3n) is 3.55. The zero-order valence-electron chi connectivity index (χ0n) is 13.4. The Bertz CT molecular complexity index is 571. The number of ketones is 1. The van der Waals surface area contributed by atoms with Crippen LogP contribution < -0.4 is 0 Å². The van der Waals surface area contributed by atoms with E-state index in [4.69, 9.17) is 0 Å². The third-order valence-corrected chi connectivity index (χ3v) is 5.26. The van der Waals surface area contributed by atoms with Gasteiger partial charge in [0.2, 0.25) is 0 Å². The Morgan fingerprint density at radius 2 is 1.68 bits per heavy atom. The number of rotatable bonds is 4. The molecule has 0 atom stereocenters. The Morgan fingerprint density at radius 3 is 2.09 bits per heavy atom. The summed E-state index contributed by atoms with van der Waals surface area (Å²) in [5.41, 5.74) is 0.928. The number of aryl methyl sites for hydroxylation is 1. The number of benzene rings is 1. The fourth-order valence-electron chi connectivity index (χ4n) is 2.36. The molecule has 0 amide bonds. The van der Waals surface area contributed by atoms with Crippen LogP contribution in [0.3, 0.4) is 0 Å². The summed E-state index contributed by atoms with van der Waals surface area (Å²) in [6, 6.07) is 5.78. The van der Waals surface area contributed by atoms with Crippen molar-refractivity contribution < 1.29 is 17.8 Å². The van der Waals surface area contributed by atoms with E-state index in [2.05, 4.69) is 12.5 Å². The third kappa shape index (κ3) is 6.94. The lowest BCUT2D eigenvalue weighted by Crippen LogP contribution is -2.20. The van der Waals surface area contributed by atoms with Gasteiger partial charge in [0, 0.05) is 5.92 Å². The average molecular weight is 344 g/mol. The summed E-state index contributed by atoms with van der Waals surface area (Å²) in [6.45, 7) is 1.82. The summed E-state index contributed by atoms with van der Waals surface area (Å²) in [5, 5.41) is 0. The minimum atomic E-state index is -4.27. The number of Topliss-reactive ketones (excluding diaryl/α,β-unsaturated/α-hetero) is 1. The molecule has 0 bridgehead atoms. The van der Waals surface area contributed by atoms with Gasteiger partial charge in [-0.2, -0.15) is 0 Å². The Morgan fingerprint density at radius 1 is 1.18 bits per heavy atom. The van der Waals surface area contributed by atoms with Crippen molar-refractivity contribution in [2.24, 2.45) is 5.92 Å². The van der Waals surface area contributed by atoms with Crippen LogP contribution in [-0.4, -0.2) is 37.0 Å². The van der Waals surface area contributed by atoms with E-state index in [1.807, 2.05) is 6.92 Å². The Hall–Kier alpha value is -0.850. The first-order valence-corrected chi connectivity index (χ1v) is 10.9. The number of hydrogen-bond donors (Lipinski definition) is 0. The summed E-state index contributed by atoms with van der Waals surface area (Å²) in [7, 11) is -3.96. The van der Waals surface area contributed by atoms with Gasteiger partial charge in [-0.1, -0.05) is 30.5 Å². The largest absolute Gasteiger partial charge is 0.744 e. The first kappa shape index (κ1) is 19.2. The van der Waals surface area contributed by atoms with E-state index in [0.717, 1.165) is 24.2 Å². The van der Waals surface area contributed by atoms with E-state index < -0.39 is 10.1 Å². The molecule has 0 aromatic heterocycles. The molecule has 1 fully saturated rings. The van der Waals surface area contributed by atoms with Gasteiger partial charge in [0.15, 0.2) is 11.5 Å². The molecule has 1 aliphatic carbocycles. The summed E-state index contributed by atoms with van der Waals surface area (Å²) in [5.74, 6) is 1.78. The van der Waals surface area contributed by atoms with Crippen LogP contribution in [0.1, 0.15) is 31.2 Å². The van der Waals surface area contributed by atoms with Gasteiger partial charge in [-0.05, 0) is 42.8 Å². The molecule has 0 spiro atoms. The van der Waals surface area contributed by atoms with E-state index in [9.17, 15) is 17.8 Å². The first-order valence-electron chi connectivity index (χ1n) is 7.29. The van der Waals surface area contributed by atoms with Crippen LogP contribution in [-0.2, 0) is 25.8 Å². The van der Waals surface area contributed by atoms with Crippen LogP contribution in [0.2, 0.25) is 0 Å². The van der Waals surface area contributed by atoms with Gasteiger partial charge in [0.25, 0.3) is 0 Å². The predicted octanol–water partition coefficient (Wildman–Crippen LogP) is 2.52. The zero-order valence-corrected chi connectivity index (χ0v) is 15.0. The van der Waals surface area contributed by atoms with Crippen LogP contribution in [0.15, 0.2) is 29.2 Å². The number of carbonyl (C=O) groups is 1. The Labute approximate surface area is 136 Å². The fraction of sp³-hybridized carbons (Fsp3) is 0.562. The molecule has 0 heterocycles. The maximum Gasteiger partial charge on any atom is 0.184 e. The molecular formula is C16H24O4S2. The van der Waals surface area contributed by atoms with E-state index in [-0.39, 0.29) is 4.90 Å². The van der Waals surface area contributed by atoms with Crippen LogP contribution in [0.5, 0.6) is 0 Å². The normalized spacial score (nSPS) is 15.5. The van der Waals surface area contributed by atoms with E-state index in [0.29, 0.717) is 22.6 Å². The van der Waals surface area contributed by atoms with Crippen molar-refractivity contribution in [2.45, 2.75) is 37.5 Å². The van der Waals surface area contributed by atoms with Gasteiger partial charge >= 0.3 is 0 Å². The molecule has 1 saturated carbocycles. The Balaban J connectivity index is 0.000000220. The first-order chi connectivity index (χ1) is 10.2. The molecule has 6 heteroatoms. The highest BCUT2D eigenvalue weighted by Gasteiger charge is 2.25. The van der Waals surface area contributed by atoms with Crippen molar-refractivity contribution >= 4 is 26.8 Å². The minimum Gasteiger partial charge on any atom is -0.744 e. The molecule has 1 aromatic carbocycles. The maximum absolute atomic E-state index is 11.5. The average Bonchev–Trinajstić information content (AvgIpc) is 2.92. The number of carbonyl (C=O) groups excluding carboxylic acids is 1. The highest BCUT2D eigenvalue weighted by molar-refractivity contribution is 7.96. The predicted molar refractivity (Wildman–Crippen MR) is 90.2 cm³/mol. The lowest BCUT2D eigenvalue weighted by atomic mass is 10.0. The van der Waals surface area contributed by atoms with Crippen molar-refractivity contribution in [3.8, 4) is 0 Å². The van der Waals surface area contributed by atoms with Crippen LogP contribution in [0, 0.1) is 12.8 Å². The van der Waals surface area contributed by atoms with E-state index in [1.54, 1.807) is 12.1 Å². The van der Waals surface area contributed by atoms with Crippen LogP contribution >= 0.6 is 0 Å². The van der Waals surface area contributed by atoms with E-state index >= 15 is 0 Å². The Kier molecular flexibility index (Phi) is 7.59. The molecule has 0 N–H and O–H groups in total. The molecule has 124 valence electrons. The molecule has 0 unspecified atom stereocenters. The van der Waals surface area contributed by atoms with Gasteiger partial charge in [0.1, 0.15) is 10.1 Å². The van der Waals surface area contributed by atoms with Crippen molar-refractivity contribution in [2.75, 3.05) is 18.3 Å².